The molecule has 0 saturated heterocycles. The van der Waals surface area contributed by atoms with Crippen LogP contribution in [0.2, 0.25) is 0 Å². The van der Waals surface area contributed by atoms with Gasteiger partial charge in [-0.1, -0.05) is 12.1 Å². The Bertz CT molecular complexity index is 2070. The average Bonchev–Trinajstić information content (AvgIpc) is 2.86. The highest BCUT2D eigenvalue weighted by Gasteiger charge is 2.25. The van der Waals surface area contributed by atoms with Crippen LogP contribution in [0.4, 0.5) is 17.1 Å². The molecule has 0 radical (unpaired) electrons. The Labute approximate surface area is 233 Å². The van der Waals surface area contributed by atoms with E-state index in [4.69, 9.17) is 5.73 Å². The summed E-state index contributed by atoms with van der Waals surface area (Å²) in [6.07, 6.45) is 0. The van der Waals surface area contributed by atoms with Gasteiger partial charge in [0.1, 0.15) is 4.90 Å². The van der Waals surface area contributed by atoms with Gasteiger partial charge in [-0.25, -0.2) is 0 Å². The molecule has 14 nitrogen and oxygen atoms in total. The Morgan fingerprint density at radius 2 is 1.17 bits per heavy atom. The van der Waals surface area contributed by atoms with Gasteiger partial charge < -0.3 is 16.4 Å². The number of rotatable bonds is 7. The van der Waals surface area contributed by atoms with Crippen molar-refractivity contribution in [3.8, 4) is 0 Å². The molecule has 0 bridgehead atoms. The second-order valence-electron chi connectivity index (χ2n) is 8.53. The summed E-state index contributed by atoms with van der Waals surface area (Å²) in [5.74, 6) is -1.51. The number of amides is 2. The number of nitrogen functional groups attached to an aromatic ring is 1. The maximum absolute atomic E-state index is 13.2. The lowest BCUT2D eigenvalue weighted by molar-refractivity contribution is 0.101. The standard InChI is InChI=1S/C24H19N3O11S3/c25-16-5-1-3-13(7-16)23(28)26-17-6-2-4-14(8-17)24(29)27-20-11-18(39(30,31)32)9-15-10-19(40(33,34)35)12-21(22(15)20)41(36,37)38/h1-12H,25H2,(H,26,28)(H,27,29)(H,30,31,32)(H,33,34,35)(H,36,37,38). The third-order valence-corrected chi connectivity index (χ3v) is 8.15. The van der Waals surface area contributed by atoms with Crippen molar-refractivity contribution in [1.82, 2.24) is 0 Å². The van der Waals surface area contributed by atoms with E-state index in [1.54, 1.807) is 12.1 Å². The zero-order chi connectivity index (χ0) is 30.3. The van der Waals surface area contributed by atoms with Gasteiger partial charge in [0.15, 0.2) is 0 Å². The van der Waals surface area contributed by atoms with Crippen molar-refractivity contribution < 1.29 is 48.5 Å². The average molecular weight is 622 g/mol. The third kappa shape index (κ3) is 6.68. The van der Waals surface area contributed by atoms with Gasteiger partial charge in [0.25, 0.3) is 42.2 Å². The molecule has 41 heavy (non-hydrogen) atoms. The summed E-state index contributed by atoms with van der Waals surface area (Å²) in [6.45, 7) is 0. The topological polar surface area (TPSA) is 247 Å². The van der Waals surface area contributed by atoms with Crippen molar-refractivity contribution in [1.29, 1.82) is 0 Å². The second-order valence-corrected chi connectivity index (χ2v) is 12.8. The van der Waals surface area contributed by atoms with Crippen LogP contribution in [0.5, 0.6) is 0 Å². The Morgan fingerprint density at radius 3 is 1.73 bits per heavy atom. The number of carbonyl (C=O) groups excluding carboxylic acids is 2. The smallest absolute Gasteiger partial charge is 0.295 e. The van der Waals surface area contributed by atoms with Gasteiger partial charge in [-0.15, -0.1) is 0 Å². The molecule has 17 heteroatoms. The molecule has 0 spiro atoms. The molecule has 4 aromatic rings. The number of benzene rings is 4. The number of hydrogen-bond donors (Lipinski definition) is 6. The van der Waals surface area contributed by atoms with Crippen molar-refractivity contribution in [2.45, 2.75) is 14.7 Å². The highest BCUT2D eigenvalue weighted by molar-refractivity contribution is 7.87. The number of hydrogen-bond acceptors (Lipinski definition) is 9. The van der Waals surface area contributed by atoms with Crippen LogP contribution < -0.4 is 16.4 Å². The normalized spacial score (nSPS) is 12.2. The Hall–Kier alpha value is -4.39. The zero-order valence-electron chi connectivity index (χ0n) is 20.3. The van der Waals surface area contributed by atoms with E-state index >= 15 is 0 Å². The fourth-order valence-corrected chi connectivity index (χ4v) is 5.76. The summed E-state index contributed by atoms with van der Waals surface area (Å²) in [5.41, 5.74) is 5.76. The highest BCUT2D eigenvalue weighted by Crippen LogP contribution is 2.35. The van der Waals surface area contributed by atoms with Gasteiger partial charge in [-0.05, 0) is 66.0 Å². The van der Waals surface area contributed by atoms with Gasteiger partial charge >= 0.3 is 0 Å². The lowest BCUT2D eigenvalue weighted by Crippen LogP contribution is -2.16. The van der Waals surface area contributed by atoms with Gasteiger partial charge in [-0.2, -0.15) is 25.3 Å². The first-order valence-electron chi connectivity index (χ1n) is 11.1. The van der Waals surface area contributed by atoms with Crippen molar-refractivity contribution in [3.63, 3.8) is 0 Å². The molecule has 0 atom stereocenters. The van der Waals surface area contributed by atoms with Crippen molar-refractivity contribution in [3.05, 3.63) is 83.9 Å². The molecule has 4 rings (SSSR count). The molecule has 0 aliphatic heterocycles. The number of nitrogens with one attached hydrogen (secondary N) is 2. The van der Waals surface area contributed by atoms with Crippen LogP contribution >= 0.6 is 0 Å². The molecule has 0 aromatic heterocycles. The first-order chi connectivity index (χ1) is 18.9. The number of fused-ring (bicyclic) bond motifs is 1. The fraction of sp³-hybridized carbons (Fsp3) is 0. The predicted octanol–water partition coefficient (Wildman–Crippen LogP) is 2.67. The van der Waals surface area contributed by atoms with E-state index in [9.17, 15) is 48.5 Å². The van der Waals surface area contributed by atoms with Crippen LogP contribution in [0.1, 0.15) is 20.7 Å². The first kappa shape index (κ1) is 29.6. The van der Waals surface area contributed by atoms with E-state index in [1.165, 1.54) is 36.4 Å². The van der Waals surface area contributed by atoms with E-state index in [2.05, 4.69) is 10.6 Å². The van der Waals surface area contributed by atoms with E-state index in [0.717, 1.165) is 0 Å². The molecular weight excluding hydrogens is 602 g/mol. The summed E-state index contributed by atoms with van der Waals surface area (Å²) in [7, 11) is -15.3. The minimum atomic E-state index is -5.23. The summed E-state index contributed by atoms with van der Waals surface area (Å²) < 4.78 is 100. The molecule has 0 fully saturated rings. The van der Waals surface area contributed by atoms with Crippen molar-refractivity contribution >= 4 is 70.0 Å². The number of carbonyl (C=O) groups is 2. The molecule has 4 aromatic carbocycles. The summed E-state index contributed by atoms with van der Waals surface area (Å²) >= 11 is 0. The second kappa shape index (κ2) is 10.5. The van der Waals surface area contributed by atoms with Crippen LogP contribution in [0.25, 0.3) is 10.8 Å². The monoisotopic (exact) mass is 621 g/mol. The van der Waals surface area contributed by atoms with Crippen molar-refractivity contribution in [2.24, 2.45) is 0 Å². The molecule has 0 aliphatic rings. The maximum Gasteiger partial charge on any atom is 0.295 e. The van der Waals surface area contributed by atoms with Crippen LogP contribution in [0.3, 0.4) is 0 Å². The number of nitrogens with two attached hydrogens (primary N) is 1. The molecule has 214 valence electrons. The molecule has 0 aliphatic carbocycles. The molecule has 7 N–H and O–H groups in total. The summed E-state index contributed by atoms with van der Waals surface area (Å²) in [6, 6.07) is 13.9. The molecule has 2 amide bonds. The summed E-state index contributed by atoms with van der Waals surface area (Å²) in [5, 5.41) is 3.81. The van der Waals surface area contributed by atoms with Crippen LogP contribution in [-0.2, 0) is 30.4 Å². The fourth-order valence-electron chi connectivity index (χ4n) is 3.84. The van der Waals surface area contributed by atoms with Crippen molar-refractivity contribution in [2.75, 3.05) is 16.4 Å². The lowest BCUT2D eigenvalue weighted by Gasteiger charge is -2.15. The Balaban J connectivity index is 1.81. The SMILES string of the molecule is Nc1cccc(C(=O)Nc2cccc(C(=O)Nc3cc(S(=O)(=O)O)cc4cc(S(=O)(=O)O)cc(S(=O)(=O)O)c34)c2)c1. The van der Waals surface area contributed by atoms with Gasteiger partial charge in [0, 0.05) is 27.9 Å². The van der Waals surface area contributed by atoms with E-state index in [-0.39, 0.29) is 16.8 Å². The highest BCUT2D eigenvalue weighted by atomic mass is 32.2. The van der Waals surface area contributed by atoms with Crippen LogP contribution in [-0.4, -0.2) is 50.7 Å². The molecular formula is C24H19N3O11S3. The Morgan fingerprint density at radius 1 is 0.634 bits per heavy atom. The maximum atomic E-state index is 13.2. The Kier molecular flexibility index (Phi) is 7.61. The van der Waals surface area contributed by atoms with Crippen LogP contribution in [0.15, 0.2) is 87.5 Å². The molecule has 0 unspecified atom stereocenters. The minimum absolute atomic E-state index is 0.108. The molecule has 0 heterocycles. The zero-order valence-corrected chi connectivity index (χ0v) is 22.8. The number of anilines is 3. The van der Waals surface area contributed by atoms with E-state index in [1.807, 2.05) is 0 Å². The molecule has 0 saturated carbocycles. The minimum Gasteiger partial charge on any atom is -0.399 e. The van der Waals surface area contributed by atoms with Gasteiger partial charge in [0.05, 0.1) is 15.5 Å². The largest absolute Gasteiger partial charge is 0.399 e. The lowest BCUT2D eigenvalue weighted by atomic mass is 10.1. The van der Waals surface area contributed by atoms with Crippen LogP contribution in [0, 0.1) is 0 Å². The quantitative estimate of drug-likeness (QED) is 0.129. The van der Waals surface area contributed by atoms with Gasteiger partial charge in [0.2, 0.25) is 0 Å². The third-order valence-electron chi connectivity index (χ3n) is 5.61. The first-order valence-corrected chi connectivity index (χ1v) is 15.4. The predicted molar refractivity (Wildman–Crippen MR) is 147 cm³/mol. The van der Waals surface area contributed by atoms with Gasteiger partial charge in [-0.3, -0.25) is 23.2 Å². The summed E-state index contributed by atoms with van der Waals surface area (Å²) in [4.78, 5) is 22.7. The van der Waals surface area contributed by atoms with E-state index in [0.29, 0.717) is 30.0 Å². The van der Waals surface area contributed by atoms with E-state index < -0.39 is 73.3 Å².